The third-order valence-corrected chi connectivity index (χ3v) is 12.2. The number of halogens is 2. The van der Waals surface area contributed by atoms with Gasteiger partial charge in [0, 0.05) is 33.8 Å². The second kappa shape index (κ2) is 19.7. The van der Waals surface area contributed by atoms with Crippen LogP contribution in [0.4, 0.5) is 15.3 Å². The van der Waals surface area contributed by atoms with Gasteiger partial charge in [-0.3, -0.25) is 4.79 Å². The third-order valence-electron chi connectivity index (χ3n) is 7.98. The Morgan fingerprint density at radius 2 is 1.60 bits per heavy atom. The number of carbonyl (C=O) groups excluding carboxylic acids is 1. The summed E-state index contributed by atoms with van der Waals surface area (Å²) in [5.41, 5.74) is 4.61. The van der Waals surface area contributed by atoms with Crippen LogP contribution in [0.5, 0.6) is 5.75 Å². The fourth-order valence-corrected chi connectivity index (χ4v) is 10.8. The Balaban J connectivity index is 0.000000222. The molecular formula is C33H42AuClFN2O2PS. The maximum absolute atomic E-state index is 11.9. The minimum absolute atomic E-state index is 0.239. The van der Waals surface area contributed by atoms with E-state index in [1.165, 1.54) is 76.0 Å². The average Bonchev–Trinajstić information content (AvgIpc) is 3.04. The van der Waals surface area contributed by atoms with E-state index in [0.717, 1.165) is 11.3 Å². The summed E-state index contributed by atoms with van der Waals surface area (Å²) in [5, 5.41) is 4.43. The zero-order valence-electron chi connectivity index (χ0n) is 24.4. The number of anilines is 2. The second-order valence-corrected chi connectivity index (χ2v) is 14.3. The predicted octanol–water partition coefficient (Wildman–Crippen LogP) is 9.60. The summed E-state index contributed by atoms with van der Waals surface area (Å²) in [5.74, 6) is 0.0804. The minimum atomic E-state index is -0.439. The standard InChI is InChI=1S/C20H32NP.C13H9FNO2S.Au.ClH/c1-21(2)19-15-9-10-16-20(19)22(17-11-5-3-6-12-17)18-13-7-4-8-14-18;14-18-17-12-8-4-7-11(9-12)15-13(16)10-5-2-1-3-6-10;;/h9-10,15-18H,3-8,11-14H2,1-2H3;1-2,4-9H,(H,15,16);;1H/q;-1;+1;. The molecule has 0 unspecified atom stereocenters. The Bertz CT molecular complexity index is 1180. The number of carbonyl (C=O) groups is 1. The van der Waals surface area contributed by atoms with Crippen LogP contribution in [0.2, 0.25) is 0 Å². The van der Waals surface area contributed by atoms with E-state index in [4.69, 9.17) is 0 Å². The van der Waals surface area contributed by atoms with E-state index in [1.807, 2.05) is 0 Å². The molecule has 0 aliphatic heterocycles. The van der Waals surface area contributed by atoms with Crippen LogP contribution in [-0.4, -0.2) is 31.3 Å². The van der Waals surface area contributed by atoms with Gasteiger partial charge in [-0.15, -0.1) is 3.89 Å². The van der Waals surface area contributed by atoms with Crippen molar-refractivity contribution >= 4 is 52.1 Å². The molecular weight excluding hydrogens is 771 g/mol. The van der Waals surface area contributed by atoms with Crippen molar-refractivity contribution < 1.29 is 32.8 Å². The zero-order chi connectivity index (χ0) is 30.2. The molecule has 3 aromatic rings. The first-order valence-corrected chi connectivity index (χ1v) is 19.6. The molecule has 2 aliphatic carbocycles. The summed E-state index contributed by atoms with van der Waals surface area (Å²) >= 11 is 1.51. The van der Waals surface area contributed by atoms with Crippen molar-refractivity contribution in [2.24, 2.45) is 0 Å². The van der Waals surface area contributed by atoms with E-state index in [1.54, 1.807) is 67.8 Å². The van der Waals surface area contributed by atoms with Crippen LogP contribution in [0.1, 0.15) is 74.6 Å². The molecule has 0 atom stereocenters. The van der Waals surface area contributed by atoms with Crippen LogP contribution in [-0.2, 0) is 20.0 Å². The Morgan fingerprint density at radius 3 is 2.17 bits per heavy atom. The van der Waals surface area contributed by atoms with Crippen molar-refractivity contribution in [2.75, 3.05) is 24.3 Å². The van der Waals surface area contributed by atoms with Gasteiger partial charge in [-0.2, -0.15) is 30.3 Å². The van der Waals surface area contributed by atoms with Crippen LogP contribution < -0.4 is 19.7 Å². The molecule has 0 saturated heterocycles. The van der Waals surface area contributed by atoms with Gasteiger partial charge in [0.25, 0.3) is 12.4 Å². The molecule has 232 valence electrons. The molecule has 2 aliphatic rings. The van der Waals surface area contributed by atoms with Gasteiger partial charge in [0.2, 0.25) is 0 Å². The van der Waals surface area contributed by atoms with Gasteiger partial charge < -0.3 is 14.4 Å². The normalized spacial score (nSPS) is 15.5. The van der Waals surface area contributed by atoms with Crippen LogP contribution in [0.15, 0.2) is 72.8 Å². The summed E-state index contributed by atoms with van der Waals surface area (Å²) in [6, 6.07) is 25.4. The summed E-state index contributed by atoms with van der Waals surface area (Å²) < 4.78 is 16.6. The van der Waals surface area contributed by atoms with Crippen LogP contribution in [0, 0.1) is 6.07 Å². The Kier molecular flexibility index (Phi) is 16.4. The Labute approximate surface area is 273 Å². The molecule has 0 heterocycles. The molecule has 1 N–H and O–H groups in total. The van der Waals surface area contributed by atoms with Gasteiger partial charge >= 0.3 is 29.2 Å². The number of hydrogen-bond acceptors (Lipinski definition) is 4. The molecule has 2 fully saturated rings. The van der Waals surface area contributed by atoms with E-state index in [0.29, 0.717) is 17.0 Å². The van der Waals surface area contributed by atoms with Gasteiger partial charge in [0.15, 0.2) is 5.91 Å². The van der Waals surface area contributed by atoms with Crippen molar-refractivity contribution in [1.82, 2.24) is 0 Å². The molecule has 4 nitrogen and oxygen atoms in total. The monoisotopic (exact) mass is 812 g/mol. The van der Waals surface area contributed by atoms with Gasteiger partial charge in [-0.25, -0.2) is 0 Å². The first-order chi connectivity index (χ1) is 20.6. The zero-order valence-corrected chi connectivity index (χ0v) is 29.1. The fourth-order valence-electron chi connectivity index (χ4n) is 6.11. The number of nitrogens with one attached hydrogen (secondary N) is 1. The molecule has 0 spiro atoms. The second-order valence-electron chi connectivity index (χ2n) is 11.0. The van der Waals surface area contributed by atoms with E-state index in [9.17, 15) is 8.68 Å². The summed E-state index contributed by atoms with van der Waals surface area (Å²) in [4.78, 5) is 14.2. The molecule has 1 amide bonds. The van der Waals surface area contributed by atoms with Crippen molar-refractivity contribution in [3.63, 3.8) is 0 Å². The molecule has 0 aromatic heterocycles. The van der Waals surface area contributed by atoms with Crippen molar-refractivity contribution in [3.8, 4) is 5.75 Å². The van der Waals surface area contributed by atoms with Crippen molar-refractivity contribution in [1.29, 1.82) is 0 Å². The first-order valence-electron chi connectivity index (χ1n) is 14.6. The molecule has 3 aromatic carbocycles. The van der Waals surface area contributed by atoms with E-state index >= 15 is 0 Å². The summed E-state index contributed by atoms with van der Waals surface area (Å²) in [6.45, 7) is 0. The van der Waals surface area contributed by atoms with Crippen LogP contribution in [0.3, 0.4) is 0 Å². The van der Waals surface area contributed by atoms with Gasteiger partial charge in [0.05, 0.1) is 17.0 Å². The van der Waals surface area contributed by atoms with Gasteiger partial charge in [-0.05, 0) is 75.6 Å². The first kappa shape index (κ1) is 35.0. The quantitative estimate of drug-likeness (QED) is 0.107. The molecule has 9 heteroatoms. The van der Waals surface area contributed by atoms with Crippen molar-refractivity contribution in [2.45, 2.75) is 75.5 Å². The number of rotatable bonds is 8. The molecule has 5 rings (SSSR count). The van der Waals surface area contributed by atoms with Gasteiger partial charge in [0.1, 0.15) is 11.1 Å². The topological polar surface area (TPSA) is 41.6 Å². The number of amides is 1. The third kappa shape index (κ3) is 10.9. The van der Waals surface area contributed by atoms with Crippen LogP contribution >= 0.6 is 29.5 Å². The maximum atomic E-state index is 11.9. The van der Waals surface area contributed by atoms with E-state index in [2.05, 4.69) is 68.0 Å². The predicted molar refractivity (Wildman–Crippen MR) is 177 cm³/mol. The number of nitrogens with zero attached hydrogens (tertiary/aromatic N) is 1. The number of benzene rings is 3. The van der Waals surface area contributed by atoms with E-state index in [-0.39, 0.29) is 18.3 Å². The molecule has 0 radical (unpaired) electrons. The number of hydrogen-bond donors (Lipinski definition) is 1. The summed E-state index contributed by atoms with van der Waals surface area (Å²) in [6.07, 6.45) is 14.9. The van der Waals surface area contributed by atoms with E-state index < -0.39 is 7.92 Å². The van der Waals surface area contributed by atoms with Crippen LogP contribution in [0.25, 0.3) is 0 Å². The molecule has 42 heavy (non-hydrogen) atoms. The summed E-state index contributed by atoms with van der Waals surface area (Å²) in [7, 11) is 8.59. The number of para-hydroxylation sites is 1. The van der Waals surface area contributed by atoms with Gasteiger partial charge in [-0.1, -0.05) is 36.6 Å². The molecule has 2 saturated carbocycles. The Hall–Kier alpha value is -1.53. The fraction of sp³-hybridized carbons (Fsp3) is 0.424. The Morgan fingerprint density at radius 1 is 0.952 bits per heavy atom. The van der Waals surface area contributed by atoms with Crippen molar-refractivity contribution in [3.05, 3.63) is 84.4 Å². The average molecular weight is 813 g/mol. The SMILES string of the molecule is CN(C)c1ccccc1[PH+](C1CCCCC1)C1CCCCC1.O=C(Nc1cccc(OSF)c1)c1c[c-]ccc1.[Cl][Au]. The molecule has 0 bridgehead atoms.